The normalized spacial score (nSPS) is 10.0. The molecule has 2 aromatic heterocycles. The van der Waals surface area contributed by atoms with Gasteiger partial charge in [-0.15, -0.1) is 0 Å². The lowest BCUT2D eigenvalue weighted by atomic mass is 10.2. The van der Waals surface area contributed by atoms with Crippen LogP contribution in [0.5, 0.6) is 0 Å². The van der Waals surface area contributed by atoms with E-state index in [4.69, 9.17) is 0 Å². The summed E-state index contributed by atoms with van der Waals surface area (Å²) in [5.41, 5.74) is 2.07. The predicted molar refractivity (Wildman–Crippen MR) is 63.7 cm³/mol. The highest BCUT2D eigenvalue weighted by atomic mass is 16.1. The molecule has 0 aliphatic heterocycles. The third-order valence-corrected chi connectivity index (χ3v) is 2.24. The molecule has 1 amide bonds. The van der Waals surface area contributed by atoms with Crippen molar-refractivity contribution in [2.24, 2.45) is 0 Å². The highest BCUT2D eigenvalue weighted by molar-refractivity contribution is 6.03. The van der Waals surface area contributed by atoms with E-state index in [0.717, 1.165) is 5.69 Å². The third kappa shape index (κ3) is 2.63. The molecule has 0 spiro atoms. The van der Waals surface area contributed by atoms with Gasteiger partial charge in [-0.1, -0.05) is 0 Å². The SMILES string of the molecule is Cc1cnc(NC(=O)c2ccncc2)c(C)n1. The summed E-state index contributed by atoms with van der Waals surface area (Å²) in [6.07, 6.45) is 4.76. The average molecular weight is 228 g/mol. The second kappa shape index (κ2) is 4.69. The van der Waals surface area contributed by atoms with Gasteiger partial charge in [0.25, 0.3) is 5.91 Å². The van der Waals surface area contributed by atoms with Crippen LogP contribution in [-0.4, -0.2) is 20.9 Å². The molecule has 0 fully saturated rings. The zero-order valence-corrected chi connectivity index (χ0v) is 9.64. The van der Waals surface area contributed by atoms with Crippen molar-refractivity contribution in [3.63, 3.8) is 0 Å². The van der Waals surface area contributed by atoms with Crippen molar-refractivity contribution in [2.45, 2.75) is 13.8 Å². The molecule has 0 aromatic carbocycles. The Morgan fingerprint density at radius 2 is 1.94 bits per heavy atom. The van der Waals surface area contributed by atoms with Crippen molar-refractivity contribution in [2.75, 3.05) is 5.32 Å². The number of carbonyl (C=O) groups is 1. The van der Waals surface area contributed by atoms with Gasteiger partial charge in [0, 0.05) is 18.0 Å². The van der Waals surface area contributed by atoms with E-state index >= 15 is 0 Å². The molecule has 0 unspecified atom stereocenters. The second-order valence-electron chi connectivity index (χ2n) is 3.64. The number of anilines is 1. The monoisotopic (exact) mass is 228 g/mol. The standard InChI is InChI=1S/C12H12N4O/c1-8-7-14-11(9(2)15-8)16-12(17)10-3-5-13-6-4-10/h3-7H,1-2H3,(H,14,16,17). The van der Waals surface area contributed by atoms with Gasteiger partial charge >= 0.3 is 0 Å². The number of pyridine rings is 1. The van der Waals surface area contributed by atoms with E-state index in [0.29, 0.717) is 17.1 Å². The van der Waals surface area contributed by atoms with Crippen LogP contribution < -0.4 is 5.32 Å². The first kappa shape index (κ1) is 11.2. The molecule has 2 aromatic rings. The van der Waals surface area contributed by atoms with Crippen LogP contribution in [0.1, 0.15) is 21.7 Å². The Labute approximate surface area is 99.0 Å². The summed E-state index contributed by atoms with van der Waals surface area (Å²) in [7, 11) is 0. The fourth-order valence-electron chi connectivity index (χ4n) is 1.40. The first-order valence-corrected chi connectivity index (χ1v) is 5.18. The van der Waals surface area contributed by atoms with Crippen LogP contribution in [0.2, 0.25) is 0 Å². The number of aromatic nitrogens is 3. The van der Waals surface area contributed by atoms with Crippen molar-refractivity contribution in [3.8, 4) is 0 Å². The minimum Gasteiger partial charge on any atom is -0.305 e. The Kier molecular flexibility index (Phi) is 3.09. The minimum atomic E-state index is -0.214. The molecule has 2 heterocycles. The first-order valence-electron chi connectivity index (χ1n) is 5.18. The lowest BCUT2D eigenvalue weighted by Crippen LogP contribution is -2.14. The van der Waals surface area contributed by atoms with Crippen LogP contribution >= 0.6 is 0 Å². The molecule has 0 bridgehead atoms. The number of rotatable bonds is 2. The van der Waals surface area contributed by atoms with Gasteiger partial charge in [-0.25, -0.2) is 4.98 Å². The van der Waals surface area contributed by atoms with Gasteiger partial charge in [0.05, 0.1) is 17.6 Å². The Bertz CT molecular complexity index is 539. The molecule has 0 aliphatic rings. The molecule has 5 heteroatoms. The molecule has 0 saturated carbocycles. The molecule has 86 valence electrons. The lowest BCUT2D eigenvalue weighted by Gasteiger charge is -2.06. The van der Waals surface area contributed by atoms with E-state index in [9.17, 15) is 4.79 Å². The lowest BCUT2D eigenvalue weighted by molar-refractivity contribution is 0.102. The topological polar surface area (TPSA) is 67.8 Å². The van der Waals surface area contributed by atoms with Gasteiger partial charge in [0.1, 0.15) is 0 Å². The number of hydrogen-bond acceptors (Lipinski definition) is 4. The van der Waals surface area contributed by atoms with Crippen LogP contribution in [-0.2, 0) is 0 Å². The zero-order chi connectivity index (χ0) is 12.3. The summed E-state index contributed by atoms with van der Waals surface area (Å²) >= 11 is 0. The van der Waals surface area contributed by atoms with E-state index in [1.54, 1.807) is 30.7 Å². The highest BCUT2D eigenvalue weighted by Gasteiger charge is 2.08. The summed E-state index contributed by atoms with van der Waals surface area (Å²) in [6, 6.07) is 3.29. The van der Waals surface area contributed by atoms with E-state index in [2.05, 4.69) is 20.3 Å². The van der Waals surface area contributed by atoms with Gasteiger partial charge in [0.2, 0.25) is 0 Å². The number of aryl methyl sites for hydroxylation is 2. The molecule has 0 radical (unpaired) electrons. The quantitative estimate of drug-likeness (QED) is 0.850. The molecule has 2 rings (SSSR count). The van der Waals surface area contributed by atoms with E-state index in [1.165, 1.54) is 0 Å². The fraction of sp³-hybridized carbons (Fsp3) is 0.167. The maximum Gasteiger partial charge on any atom is 0.256 e. The van der Waals surface area contributed by atoms with Crippen LogP contribution in [0.15, 0.2) is 30.7 Å². The van der Waals surface area contributed by atoms with Gasteiger partial charge in [0.15, 0.2) is 5.82 Å². The minimum absolute atomic E-state index is 0.214. The Hall–Kier alpha value is -2.30. The summed E-state index contributed by atoms with van der Waals surface area (Å²) in [4.78, 5) is 24.1. The van der Waals surface area contributed by atoms with Crippen molar-refractivity contribution in [1.29, 1.82) is 0 Å². The van der Waals surface area contributed by atoms with Crippen molar-refractivity contribution in [1.82, 2.24) is 15.0 Å². The summed E-state index contributed by atoms with van der Waals surface area (Å²) in [6.45, 7) is 3.66. The third-order valence-electron chi connectivity index (χ3n) is 2.24. The number of nitrogens with one attached hydrogen (secondary N) is 1. The highest BCUT2D eigenvalue weighted by Crippen LogP contribution is 2.10. The molecule has 0 atom stereocenters. The van der Waals surface area contributed by atoms with Gasteiger partial charge in [-0.2, -0.15) is 0 Å². The second-order valence-corrected chi connectivity index (χ2v) is 3.64. The molecule has 0 saturated heterocycles. The molecular weight excluding hydrogens is 216 g/mol. The first-order chi connectivity index (χ1) is 8.16. The molecule has 0 aliphatic carbocycles. The van der Waals surface area contributed by atoms with E-state index in [-0.39, 0.29) is 5.91 Å². The number of amides is 1. The average Bonchev–Trinajstić information content (AvgIpc) is 2.34. The summed E-state index contributed by atoms with van der Waals surface area (Å²) < 4.78 is 0. The smallest absolute Gasteiger partial charge is 0.256 e. The van der Waals surface area contributed by atoms with Gasteiger partial charge in [-0.3, -0.25) is 14.8 Å². The maximum atomic E-state index is 11.8. The predicted octanol–water partition coefficient (Wildman–Crippen LogP) is 1.74. The van der Waals surface area contributed by atoms with Gasteiger partial charge in [-0.05, 0) is 26.0 Å². The van der Waals surface area contributed by atoms with Crippen LogP contribution in [0, 0.1) is 13.8 Å². The largest absolute Gasteiger partial charge is 0.305 e. The molecule has 5 nitrogen and oxygen atoms in total. The fourth-order valence-corrected chi connectivity index (χ4v) is 1.40. The maximum absolute atomic E-state index is 11.8. The zero-order valence-electron chi connectivity index (χ0n) is 9.64. The molecule has 1 N–H and O–H groups in total. The van der Waals surface area contributed by atoms with Crippen LogP contribution in [0.25, 0.3) is 0 Å². The number of nitrogens with zero attached hydrogens (tertiary/aromatic N) is 3. The van der Waals surface area contributed by atoms with Crippen molar-refractivity contribution in [3.05, 3.63) is 47.7 Å². The molecule has 17 heavy (non-hydrogen) atoms. The summed E-state index contributed by atoms with van der Waals surface area (Å²) in [5, 5.41) is 2.71. The van der Waals surface area contributed by atoms with Crippen LogP contribution in [0.3, 0.4) is 0 Å². The Morgan fingerprint density at radius 1 is 1.24 bits per heavy atom. The van der Waals surface area contributed by atoms with Crippen molar-refractivity contribution < 1.29 is 4.79 Å². The Morgan fingerprint density at radius 3 is 2.59 bits per heavy atom. The number of hydrogen-bond donors (Lipinski definition) is 1. The van der Waals surface area contributed by atoms with E-state index < -0.39 is 0 Å². The Balaban J connectivity index is 2.19. The van der Waals surface area contributed by atoms with Crippen LogP contribution in [0.4, 0.5) is 5.82 Å². The number of carbonyl (C=O) groups excluding carboxylic acids is 1. The summed E-state index contributed by atoms with van der Waals surface area (Å²) in [5.74, 6) is 0.270. The van der Waals surface area contributed by atoms with Crippen molar-refractivity contribution >= 4 is 11.7 Å². The van der Waals surface area contributed by atoms with E-state index in [1.807, 2.05) is 13.8 Å². The van der Waals surface area contributed by atoms with Gasteiger partial charge < -0.3 is 5.32 Å². The molecular formula is C12H12N4O.